The summed E-state index contributed by atoms with van der Waals surface area (Å²) in [6.45, 7) is 8.99. The zero-order valence-electron chi connectivity index (χ0n) is 13.4. The fourth-order valence-electron chi connectivity index (χ4n) is 2.61. The van der Waals surface area contributed by atoms with Crippen molar-refractivity contribution < 1.29 is 4.79 Å². The van der Waals surface area contributed by atoms with Gasteiger partial charge in [-0.3, -0.25) is 9.48 Å². The fourth-order valence-corrected chi connectivity index (χ4v) is 2.61. The topological polar surface area (TPSA) is 50.2 Å². The maximum Gasteiger partial charge on any atom is 0.257 e. The molecule has 0 bridgehead atoms. The molecular weight excluding hydrogens is 288 g/mol. The molecule has 0 spiro atoms. The molecule has 0 aromatic carbocycles. The van der Waals surface area contributed by atoms with Crippen LogP contribution in [0.15, 0.2) is 12.4 Å². The van der Waals surface area contributed by atoms with Gasteiger partial charge in [-0.15, -0.1) is 12.4 Å². The van der Waals surface area contributed by atoms with E-state index in [4.69, 9.17) is 0 Å². The Morgan fingerprint density at radius 1 is 1.38 bits per heavy atom. The third kappa shape index (κ3) is 4.45. The second-order valence-electron chi connectivity index (χ2n) is 6.64. The van der Waals surface area contributed by atoms with E-state index in [0.29, 0.717) is 11.5 Å². The quantitative estimate of drug-likeness (QED) is 0.930. The van der Waals surface area contributed by atoms with Gasteiger partial charge >= 0.3 is 0 Å². The van der Waals surface area contributed by atoms with Crippen molar-refractivity contribution in [1.29, 1.82) is 0 Å². The molecule has 1 N–H and O–H groups in total. The van der Waals surface area contributed by atoms with E-state index >= 15 is 0 Å². The minimum Gasteiger partial charge on any atom is -0.339 e. The van der Waals surface area contributed by atoms with Crippen LogP contribution in [0.5, 0.6) is 0 Å². The average Bonchev–Trinajstić information content (AvgIpc) is 2.89. The summed E-state index contributed by atoms with van der Waals surface area (Å²) in [6.07, 6.45) is 5.72. The van der Waals surface area contributed by atoms with Crippen LogP contribution in [0.2, 0.25) is 0 Å². The zero-order chi connectivity index (χ0) is 14.8. The van der Waals surface area contributed by atoms with E-state index in [-0.39, 0.29) is 23.9 Å². The predicted molar refractivity (Wildman–Crippen MR) is 87.0 cm³/mol. The highest BCUT2D eigenvalue weighted by atomic mass is 35.5. The van der Waals surface area contributed by atoms with Crippen molar-refractivity contribution in [2.45, 2.75) is 39.2 Å². The number of nitrogens with one attached hydrogen (secondary N) is 1. The van der Waals surface area contributed by atoms with Crippen LogP contribution in [0.25, 0.3) is 0 Å². The van der Waals surface area contributed by atoms with E-state index in [9.17, 15) is 4.79 Å². The van der Waals surface area contributed by atoms with Gasteiger partial charge in [0.1, 0.15) is 0 Å². The second kappa shape index (κ2) is 7.27. The summed E-state index contributed by atoms with van der Waals surface area (Å²) in [5.41, 5.74) is 0.616. The van der Waals surface area contributed by atoms with Gasteiger partial charge in [0.15, 0.2) is 0 Å². The van der Waals surface area contributed by atoms with E-state index in [1.807, 2.05) is 22.8 Å². The summed E-state index contributed by atoms with van der Waals surface area (Å²) < 4.78 is 1.86. The minimum atomic E-state index is -0.0850. The number of carbonyl (C=O) groups is 1. The van der Waals surface area contributed by atoms with E-state index in [2.05, 4.69) is 31.2 Å². The van der Waals surface area contributed by atoms with Gasteiger partial charge < -0.3 is 10.2 Å². The molecule has 1 aromatic rings. The monoisotopic (exact) mass is 314 g/mol. The zero-order valence-corrected chi connectivity index (χ0v) is 14.2. The summed E-state index contributed by atoms with van der Waals surface area (Å²) in [5, 5.41) is 7.52. The number of rotatable bonds is 3. The van der Waals surface area contributed by atoms with Gasteiger partial charge in [0.25, 0.3) is 5.91 Å². The molecule has 0 aliphatic carbocycles. The van der Waals surface area contributed by atoms with Crippen LogP contribution in [-0.4, -0.2) is 47.3 Å². The Bertz CT molecular complexity index is 458. The highest BCUT2D eigenvalue weighted by molar-refractivity contribution is 5.93. The number of hydrogen-bond acceptors (Lipinski definition) is 3. The van der Waals surface area contributed by atoms with Gasteiger partial charge in [-0.25, -0.2) is 0 Å². The Hall–Kier alpha value is -1.07. The molecule has 6 heteroatoms. The second-order valence-corrected chi connectivity index (χ2v) is 6.64. The SMILES string of the molecule is CNCC1CCN(C(=O)c2cnn(C(C)(C)C)c2)CC1.Cl. The molecule has 1 saturated heterocycles. The Morgan fingerprint density at radius 3 is 2.48 bits per heavy atom. The van der Waals surface area contributed by atoms with Crippen LogP contribution in [-0.2, 0) is 5.54 Å². The lowest BCUT2D eigenvalue weighted by Crippen LogP contribution is -2.40. The molecular formula is C15H27ClN4O. The standard InChI is InChI=1S/C15H26N4O.ClH/c1-15(2,3)19-11-13(10-17-19)14(20)18-7-5-12(6-8-18)9-16-4;/h10-12,16H,5-9H2,1-4H3;1H. The first-order chi connectivity index (χ1) is 9.41. The molecule has 21 heavy (non-hydrogen) atoms. The first-order valence-corrected chi connectivity index (χ1v) is 7.41. The lowest BCUT2D eigenvalue weighted by molar-refractivity contribution is 0.0690. The van der Waals surface area contributed by atoms with Gasteiger partial charge in [0, 0.05) is 19.3 Å². The molecule has 0 saturated carbocycles. The Kier molecular flexibility index (Phi) is 6.23. The summed E-state index contributed by atoms with van der Waals surface area (Å²) >= 11 is 0. The molecule has 1 amide bonds. The molecule has 2 rings (SSSR count). The van der Waals surface area contributed by atoms with Gasteiger partial charge in [-0.2, -0.15) is 5.10 Å². The van der Waals surface area contributed by atoms with Crippen molar-refractivity contribution in [1.82, 2.24) is 20.0 Å². The molecule has 1 fully saturated rings. The van der Waals surface area contributed by atoms with Crippen LogP contribution >= 0.6 is 12.4 Å². The average molecular weight is 315 g/mol. The van der Waals surface area contributed by atoms with Crippen molar-refractivity contribution in [2.24, 2.45) is 5.92 Å². The molecule has 2 heterocycles. The fraction of sp³-hybridized carbons (Fsp3) is 0.733. The van der Waals surface area contributed by atoms with E-state index in [0.717, 1.165) is 32.5 Å². The van der Waals surface area contributed by atoms with Crippen LogP contribution in [0.4, 0.5) is 0 Å². The lowest BCUT2D eigenvalue weighted by atomic mass is 9.96. The molecule has 5 nitrogen and oxygen atoms in total. The normalized spacial score (nSPS) is 16.7. The molecule has 1 aliphatic rings. The third-order valence-electron chi connectivity index (χ3n) is 3.91. The maximum atomic E-state index is 12.5. The highest BCUT2D eigenvalue weighted by Gasteiger charge is 2.25. The summed E-state index contributed by atoms with van der Waals surface area (Å²) in [7, 11) is 1.98. The summed E-state index contributed by atoms with van der Waals surface area (Å²) in [6, 6.07) is 0. The van der Waals surface area contributed by atoms with Crippen molar-refractivity contribution >= 4 is 18.3 Å². The Labute approximate surface area is 133 Å². The van der Waals surface area contributed by atoms with Crippen LogP contribution < -0.4 is 5.32 Å². The number of hydrogen-bond donors (Lipinski definition) is 1. The van der Waals surface area contributed by atoms with Crippen molar-refractivity contribution in [3.8, 4) is 0 Å². The predicted octanol–water partition coefficient (Wildman–Crippen LogP) is 2.13. The summed E-state index contributed by atoms with van der Waals surface area (Å²) in [4.78, 5) is 14.4. The molecule has 1 aliphatic heterocycles. The largest absolute Gasteiger partial charge is 0.339 e. The number of carbonyl (C=O) groups excluding carboxylic acids is 1. The molecule has 0 atom stereocenters. The smallest absolute Gasteiger partial charge is 0.257 e. The first-order valence-electron chi connectivity index (χ1n) is 7.41. The Morgan fingerprint density at radius 2 is 2.00 bits per heavy atom. The highest BCUT2D eigenvalue weighted by Crippen LogP contribution is 2.19. The van der Waals surface area contributed by atoms with Crippen molar-refractivity contribution in [3.63, 3.8) is 0 Å². The first kappa shape index (κ1) is 18.0. The van der Waals surface area contributed by atoms with E-state index < -0.39 is 0 Å². The van der Waals surface area contributed by atoms with Crippen LogP contribution in [0.3, 0.4) is 0 Å². The number of piperidine rings is 1. The van der Waals surface area contributed by atoms with Crippen molar-refractivity contribution in [2.75, 3.05) is 26.7 Å². The van der Waals surface area contributed by atoms with Gasteiger partial charge in [-0.1, -0.05) is 0 Å². The number of aromatic nitrogens is 2. The van der Waals surface area contributed by atoms with E-state index in [1.54, 1.807) is 6.20 Å². The minimum absolute atomic E-state index is 0. The lowest BCUT2D eigenvalue weighted by Gasteiger charge is -2.31. The molecule has 0 unspecified atom stereocenters. The molecule has 1 aromatic heterocycles. The van der Waals surface area contributed by atoms with Gasteiger partial charge in [-0.05, 0) is 53.1 Å². The van der Waals surface area contributed by atoms with Crippen LogP contribution in [0, 0.1) is 5.92 Å². The van der Waals surface area contributed by atoms with Crippen molar-refractivity contribution in [3.05, 3.63) is 18.0 Å². The third-order valence-corrected chi connectivity index (χ3v) is 3.91. The van der Waals surface area contributed by atoms with E-state index in [1.165, 1.54) is 0 Å². The number of amides is 1. The number of nitrogens with zero attached hydrogens (tertiary/aromatic N) is 3. The maximum absolute atomic E-state index is 12.5. The Balaban J connectivity index is 0.00000220. The van der Waals surface area contributed by atoms with Gasteiger partial charge in [0.05, 0.1) is 17.3 Å². The summed E-state index contributed by atoms with van der Waals surface area (Å²) in [5.74, 6) is 0.810. The number of halogens is 1. The van der Waals surface area contributed by atoms with Gasteiger partial charge in [0.2, 0.25) is 0 Å². The number of likely N-dealkylation sites (tertiary alicyclic amines) is 1. The molecule has 120 valence electrons. The van der Waals surface area contributed by atoms with Crippen LogP contribution in [0.1, 0.15) is 44.0 Å². The molecule has 0 radical (unpaired) electrons.